The van der Waals surface area contributed by atoms with Crippen molar-refractivity contribution in [3.05, 3.63) is 5.01 Å². The van der Waals surface area contributed by atoms with E-state index < -0.39 is 5.92 Å². The van der Waals surface area contributed by atoms with Crippen LogP contribution in [0.5, 0.6) is 0 Å². The molecule has 1 saturated carbocycles. The van der Waals surface area contributed by atoms with Crippen molar-refractivity contribution in [2.45, 2.75) is 50.4 Å². The van der Waals surface area contributed by atoms with Crippen LogP contribution in [0.3, 0.4) is 0 Å². The first-order valence-electron chi connectivity index (χ1n) is 8.77. The van der Waals surface area contributed by atoms with E-state index >= 15 is 0 Å². The van der Waals surface area contributed by atoms with Crippen molar-refractivity contribution in [3.8, 4) is 0 Å². The molecule has 3 heterocycles. The van der Waals surface area contributed by atoms with Gasteiger partial charge in [-0.15, -0.1) is 10.2 Å². The van der Waals surface area contributed by atoms with Gasteiger partial charge in [-0.05, 0) is 25.7 Å². The monoisotopic (exact) mass is 356 g/mol. The molecule has 1 unspecified atom stereocenters. The molecular weight excluding hydrogens is 334 g/mol. The molecule has 0 aromatic carbocycles. The number of amides is 1. The molecule has 0 bridgehead atoms. The van der Waals surface area contributed by atoms with Gasteiger partial charge in [0.2, 0.25) is 11.0 Å². The number of nitrogens with zero attached hydrogens (tertiary/aromatic N) is 4. The fraction of sp³-hybridized carbons (Fsp3) is 0.812. The van der Waals surface area contributed by atoms with Gasteiger partial charge in [0.05, 0.1) is 5.92 Å². The summed E-state index contributed by atoms with van der Waals surface area (Å²) in [6.45, 7) is 1.87. The fourth-order valence-corrected chi connectivity index (χ4v) is 4.56. The third kappa shape index (κ3) is 3.38. The zero-order valence-electron chi connectivity index (χ0n) is 13.6. The van der Waals surface area contributed by atoms with Crippen LogP contribution in [-0.4, -0.2) is 53.1 Å². The Balaban J connectivity index is 1.38. The first-order chi connectivity index (χ1) is 11.5. The Morgan fingerprint density at radius 3 is 2.58 bits per heavy atom. The number of hydrogen-bond donors (Lipinski definition) is 0. The molecule has 132 valence electrons. The summed E-state index contributed by atoms with van der Waals surface area (Å²) in [4.78, 5) is 16.5. The number of aromatic nitrogens is 2. The van der Waals surface area contributed by atoms with Gasteiger partial charge in [0.1, 0.15) is 5.01 Å². The van der Waals surface area contributed by atoms with E-state index in [4.69, 9.17) is 0 Å². The minimum atomic E-state index is -2.61. The zero-order chi connectivity index (χ0) is 16.7. The van der Waals surface area contributed by atoms with Crippen molar-refractivity contribution in [3.63, 3.8) is 0 Å². The first-order valence-corrected chi connectivity index (χ1v) is 9.58. The highest BCUT2D eigenvalue weighted by Crippen LogP contribution is 2.43. The van der Waals surface area contributed by atoms with E-state index in [0.29, 0.717) is 12.5 Å². The van der Waals surface area contributed by atoms with Gasteiger partial charge in [-0.1, -0.05) is 11.3 Å². The Morgan fingerprint density at radius 2 is 1.88 bits per heavy atom. The number of alkyl halides is 2. The summed E-state index contributed by atoms with van der Waals surface area (Å²) in [5, 5.41) is 10.6. The van der Waals surface area contributed by atoms with E-state index in [-0.39, 0.29) is 37.8 Å². The molecule has 1 aliphatic carbocycles. The summed E-state index contributed by atoms with van der Waals surface area (Å²) >= 11 is 1.64. The molecule has 2 aliphatic heterocycles. The minimum Gasteiger partial charge on any atom is -0.346 e. The number of piperidine rings is 2. The maximum atomic E-state index is 13.3. The third-order valence-corrected chi connectivity index (χ3v) is 6.35. The van der Waals surface area contributed by atoms with Crippen LogP contribution in [0.4, 0.5) is 13.9 Å². The van der Waals surface area contributed by atoms with Crippen molar-refractivity contribution in [2.75, 3.05) is 31.1 Å². The molecule has 3 aliphatic rings. The zero-order valence-corrected chi connectivity index (χ0v) is 14.4. The highest BCUT2D eigenvalue weighted by Gasteiger charge is 2.38. The van der Waals surface area contributed by atoms with Crippen LogP contribution in [-0.2, 0) is 4.79 Å². The summed E-state index contributed by atoms with van der Waals surface area (Å²) < 4.78 is 26.6. The van der Waals surface area contributed by atoms with Crippen molar-refractivity contribution >= 4 is 22.4 Å². The number of hydrogen-bond acceptors (Lipinski definition) is 5. The summed E-state index contributed by atoms with van der Waals surface area (Å²) in [6, 6.07) is 0. The Bertz CT molecular complexity index is 609. The standard InChI is InChI=1S/C16H22F2N4OS/c17-16(18)5-8-21(9-6-16)14(23)12-2-1-7-22(10-12)15-20-19-13(24-15)11-3-4-11/h11-12H,1-10H2. The lowest BCUT2D eigenvalue weighted by molar-refractivity contribution is -0.141. The molecule has 1 amide bonds. The van der Waals surface area contributed by atoms with Crippen LogP contribution < -0.4 is 4.90 Å². The van der Waals surface area contributed by atoms with Crippen LogP contribution in [0.25, 0.3) is 0 Å². The summed E-state index contributed by atoms with van der Waals surface area (Å²) in [5.74, 6) is -2.10. The van der Waals surface area contributed by atoms with Gasteiger partial charge in [-0.25, -0.2) is 8.78 Å². The molecule has 4 rings (SSSR count). The van der Waals surface area contributed by atoms with Gasteiger partial charge in [0.15, 0.2) is 0 Å². The van der Waals surface area contributed by atoms with E-state index in [1.165, 1.54) is 12.8 Å². The molecule has 0 radical (unpaired) electrons. The Kier molecular flexibility index (Phi) is 4.18. The summed E-state index contributed by atoms with van der Waals surface area (Å²) in [6.07, 6.45) is 3.74. The first kappa shape index (κ1) is 16.2. The highest BCUT2D eigenvalue weighted by molar-refractivity contribution is 7.15. The predicted octanol–water partition coefficient (Wildman–Crippen LogP) is 2.89. The summed E-state index contributed by atoms with van der Waals surface area (Å²) in [7, 11) is 0. The van der Waals surface area contributed by atoms with E-state index in [1.54, 1.807) is 16.2 Å². The lowest BCUT2D eigenvalue weighted by Gasteiger charge is -2.37. The fourth-order valence-electron chi connectivity index (χ4n) is 3.51. The SMILES string of the molecule is O=C(C1CCCN(c2nnc(C3CC3)s2)C1)N1CCC(F)(F)CC1. The van der Waals surface area contributed by atoms with E-state index in [0.717, 1.165) is 29.5 Å². The summed E-state index contributed by atoms with van der Waals surface area (Å²) in [5.41, 5.74) is 0. The van der Waals surface area contributed by atoms with Gasteiger partial charge < -0.3 is 9.80 Å². The van der Waals surface area contributed by atoms with E-state index in [2.05, 4.69) is 15.1 Å². The molecule has 0 N–H and O–H groups in total. The Hall–Kier alpha value is -1.31. The quantitative estimate of drug-likeness (QED) is 0.836. The molecule has 1 atom stereocenters. The van der Waals surface area contributed by atoms with Crippen LogP contribution in [0.2, 0.25) is 0 Å². The highest BCUT2D eigenvalue weighted by atomic mass is 32.1. The average Bonchev–Trinajstić information content (AvgIpc) is 3.31. The number of rotatable bonds is 3. The van der Waals surface area contributed by atoms with Crippen LogP contribution >= 0.6 is 11.3 Å². The molecule has 5 nitrogen and oxygen atoms in total. The van der Waals surface area contributed by atoms with Gasteiger partial charge >= 0.3 is 0 Å². The van der Waals surface area contributed by atoms with E-state index in [1.807, 2.05) is 0 Å². The van der Waals surface area contributed by atoms with E-state index in [9.17, 15) is 13.6 Å². The number of likely N-dealkylation sites (tertiary alicyclic amines) is 1. The Labute approximate surface area is 144 Å². The molecular formula is C16H22F2N4OS. The second kappa shape index (κ2) is 6.20. The Morgan fingerprint density at radius 1 is 1.12 bits per heavy atom. The lowest BCUT2D eigenvalue weighted by atomic mass is 9.95. The molecule has 1 aromatic rings. The number of anilines is 1. The van der Waals surface area contributed by atoms with Crippen LogP contribution in [0, 0.1) is 5.92 Å². The molecule has 2 saturated heterocycles. The smallest absolute Gasteiger partial charge is 0.251 e. The van der Waals surface area contributed by atoms with Crippen molar-refractivity contribution in [1.82, 2.24) is 15.1 Å². The minimum absolute atomic E-state index is 0.0298. The topological polar surface area (TPSA) is 49.3 Å². The third-order valence-electron chi connectivity index (χ3n) is 5.20. The molecule has 0 spiro atoms. The maximum Gasteiger partial charge on any atom is 0.251 e. The van der Waals surface area contributed by atoms with Crippen molar-refractivity contribution < 1.29 is 13.6 Å². The molecule has 1 aromatic heterocycles. The molecule has 24 heavy (non-hydrogen) atoms. The second-order valence-electron chi connectivity index (χ2n) is 7.16. The van der Waals surface area contributed by atoms with Crippen molar-refractivity contribution in [1.29, 1.82) is 0 Å². The lowest BCUT2D eigenvalue weighted by Crippen LogP contribution is -2.49. The maximum absolute atomic E-state index is 13.3. The average molecular weight is 356 g/mol. The van der Waals surface area contributed by atoms with Gasteiger partial charge in [0.25, 0.3) is 5.92 Å². The predicted molar refractivity (Wildman–Crippen MR) is 87.6 cm³/mol. The normalized spacial score (nSPS) is 27.3. The molecule has 3 fully saturated rings. The number of carbonyl (C=O) groups is 1. The van der Waals surface area contributed by atoms with Gasteiger partial charge in [-0.2, -0.15) is 0 Å². The second-order valence-corrected chi connectivity index (χ2v) is 8.15. The van der Waals surface area contributed by atoms with Gasteiger partial charge in [-0.3, -0.25) is 4.79 Å². The van der Waals surface area contributed by atoms with Crippen LogP contribution in [0.15, 0.2) is 0 Å². The molecule has 8 heteroatoms. The largest absolute Gasteiger partial charge is 0.346 e. The van der Waals surface area contributed by atoms with Crippen molar-refractivity contribution in [2.24, 2.45) is 5.92 Å². The van der Waals surface area contributed by atoms with Gasteiger partial charge in [0, 0.05) is 44.9 Å². The van der Waals surface area contributed by atoms with Crippen LogP contribution in [0.1, 0.15) is 49.5 Å². The number of halogens is 2. The number of carbonyl (C=O) groups excluding carboxylic acids is 1.